The van der Waals surface area contributed by atoms with Gasteiger partial charge in [0.1, 0.15) is 0 Å². The van der Waals surface area contributed by atoms with Crippen LogP contribution in [0.5, 0.6) is 0 Å². The first-order valence-corrected chi connectivity index (χ1v) is 7.49. The van der Waals surface area contributed by atoms with E-state index < -0.39 is 11.9 Å². The number of ether oxygens (including phenoxy) is 1. The van der Waals surface area contributed by atoms with Crippen LogP contribution in [0.25, 0.3) is 0 Å². The molecule has 0 aromatic rings. The molecule has 0 aliphatic carbocycles. The van der Waals surface area contributed by atoms with E-state index >= 15 is 0 Å². The summed E-state index contributed by atoms with van der Waals surface area (Å²) in [6.45, 7) is 4.44. The van der Waals surface area contributed by atoms with Gasteiger partial charge in [-0.05, 0) is 25.7 Å². The van der Waals surface area contributed by atoms with Crippen LogP contribution in [0.15, 0.2) is 0 Å². The predicted molar refractivity (Wildman–Crippen MR) is 73.5 cm³/mol. The molecule has 2 rings (SSSR count). The molecule has 20 heavy (non-hydrogen) atoms. The van der Waals surface area contributed by atoms with Crippen molar-refractivity contribution in [2.75, 3.05) is 26.2 Å². The number of hydrogen-bond donors (Lipinski definition) is 2. The highest BCUT2D eigenvalue weighted by Crippen LogP contribution is 2.23. The highest BCUT2D eigenvalue weighted by Gasteiger charge is 2.30. The van der Waals surface area contributed by atoms with E-state index in [-0.39, 0.29) is 12.1 Å². The third-order valence-electron chi connectivity index (χ3n) is 4.32. The molecule has 0 aromatic heterocycles. The second-order valence-corrected chi connectivity index (χ2v) is 5.68. The number of carbonyl (C=O) groups excluding carboxylic acids is 1. The Morgan fingerprint density at radius 3 is 2.90 bits per heavy atom. The SMILES string of the molecule is CCC1OCCC1CNC(=O)N1CCC[C@@H](C(=O)O)C1. The number of carboxylic acids is 1. The molecule has 114 valence electrons. The number of nitrogens with zero attached hydrogens (tertiary/aromatic N) is 1. The standard InChI is InChI=1S/C14H24N2O4/c1-2-12-10(5-7-20-12)8-15-14(19)16-6-3-4-11(9-16)13(17)18/h10-12H,2-9H2,1H3,(H,15,19)(H,17,18)/t10?,11-,12?/m1/s1. The molecule has 2 aliphatic heterocycles. The lowest BCUT2D eigenvalue weighted by Gasteiger charge is -2.31. The summed E-state index contributed by atoms with van der Waals surface area (Å²) in [5.74, 6) is -0.852. The second-order valence-electron chi connectivity index (χ2n) is 5.68. The van der Waals surface area contributed by atoms with Crippen LogP contribution in [-0.2, 0) is 9.53 Å². The number of carboxylic acid groups (broad SMARTS) is 1. The van der Waals surface area contributed by atoms with E-state index in [1.54, 1.807) is 4.90 Å². The molecule has 2 unspecified atom stereocenters. The maximum absolute atomic E-state index is 12.1. The lowest BCUT2D eigenvalue weighted by molar-refractivity contribution is -0.143. The quantitative estimate of drug-likeness (QED) is 0.816. The van der Waals surface area contributed by atoms with E-state index in [9.17, 15) is 9.59 Å². The largest absolute Gasteiger partial charge is 0.481 e. The third-order valence-corrected chi connectivity index (χ3v) is 4.32. The Labute approximate surface area is 119 Å². The van der Waals surface area contributed by atoms with Crippen molar-refractivity contribution in [3.05, 3.63) is 0 Å². The molecule has 2 N–H and O–H groups in total. The van der Waals surface area contributed by atoms with Crippen LogP contribution in [0.1, 0.15) is 32.6 Å². The number of hydrogen-bond acceptors (Lipinski definition) is 3. The maximum atomic E-state index is 12.1. The minimum absolute atomic E-state index is 0.141. The summed E-state index contributed by atoms with van der Waals surface area (Å²) in [7, 11) is 0. The van der Waals surface area contributed by atoms with Crippen molar-refractivity contribution in [2.24, 2.45) is 11.8 Å². The maximum Gasteiger partial charge on any atom is 0.317 e. The van der Waals surface area contributed by atoms with Gasteiger partial charge in [0.05, 0.1) is 12.0 Å². The van der Waals surface area contributed by atoms with E-state index in [2.05, 4.69) is 12.2 Å². The number of likely N-dealkylation sites (tertiary alicyclic amines) is 1. The van der Waals surface area contributed by atoms with Gasteiger partial charge in [0.15, 0.2) is 0 Å². The Hall–Kier alpha value is -1.30. The van der Waals surface area contributed by atoms with Gasteiger partial charge in [-0.25, -0.2) is 4.79 Å². The Kier molecular flexibility index (Phi) is 5.23. The number of nitrogens with one attached hydrogen (secondary N) is 1. The summed E-state index contributed by atoms with van der Waals surface area (Å²) in [6.07, 6.45) is 3.60. The first-order chi connectivity index (χ1) is 9.61. The van der Waals surface area contributed by atoms with E-state index in [1.807, 2.05) is 0 Å². The smallest absolute Gasteiger partial charge is 0.317 e. The Morgan fingerprint density at radius 2 is 2.20 bits per heavy atom. The van der Waals surface area contributed by atoms with E-state index in [1.165, 1.54) is 0 Å². The van der Waals surface area contributed by atoms with Gasteiger partial charge in [-0.3, -0.25) is 4.79 Å². The highest BCUT2D eigenvalue weighted by atomic mass is 16.5. The number of piperidine rings is 1. The molecule has 6 heteroatoms. The van der Waals surface area contributed by atoms with Gasteiger partial charge in [-0.15, -0.1) is 0 Å². The topological polar surface area (TPSA) is 78.9 Å². The molecule has 0 spiro atoms. The average Bonchev–Trinajstić information content (AvgIpc) is 2.92. The van der Waals surface area contributed by atoms with Crippen molar-refractivity contribution < 1.29 is 19.4 Å². The van der Waals surface area contributed by atoms with E-state index in [0.29, 0.717) is 32.0 Å². The number of aliphatic carboxylic acids is 1. The number of carbonyl (C=O) groups is 2. The van der Waals surface area contributed by atoms with E-state index in [4.69, 9.17) is 9.84 Å². The van der Waals surface area contributed by atoms with Crippen LogP contribution in [0.3, 0.4) is 0 Å². The molecular weight excluding hydrogens is 260 g/mol. The molecule has 3 atom stereocenters. The molecule has 2 amide bonds. The van der Waals surface area contributed by atoms with Crippen LogP contribution in [0, 0.1) is 11.8 Å². The molecule has 2 heterocycles. The fourth-order valence-corrected chi connectivity index (χ4v) is 3.07. The van der Waals surface area contributed by atoms with Crippen molar-refractivity contribution in [3.8, 4) is 0 Å². The number of urea groups is 1. The first kappa shape index (κ1) is 15.1. The van der Waals surface area contributed by atoms with Gasteiger partial charge in [0, 0.05) is 32.2 Å². The van der Waals surface area contributed by atoms with Crippen molar-refractivity contribution in [2.45, 2.75) is 38.7 Å². The van der Waals surface area contributed by atoms with Gasteiger partial charge >= 0.3 is 12.0 Å². The minimum Gasteiger partial charge on any atom is -0.481 e. The Morgan fingerprint density at radius 1 is 1.40 bits per heavy atom. The van der Waals surface area contributed by atoms with Crippen LogP contribution >= 0.6 is 0 Å². The molecule has 0 saturated carbocycles. The fourth-order valence-electron chi connectivity index (χ4n) is 3.07. The van der Waals surface area contributed by atoms with Crippen molar-refractivity contribution in [3.63, 3.8) is 0 Å². The molecule has 0 aromatic carbocycles. The predicted octanol–water partition coefficient (Wildman–Crippen LogP) is 1.31. The van der Waals surface area contributed by atoms with Crippen molar-refractivity contribution in [1.29, 1.82) is 0 Å². The van der Waals surface area contributed by atoms with Gasteiger partial charge < -0.3 is 20.1 Å². The molecule has 2 saturated heterocycles. The van der Waals surface area contributed by atoms with Gasteiger partial charge in [-0.1, -0.05) is 6.92 Å². The van der Waals surface area contributed by atoms with Crippen LogP contribution in [0.4, 0.5) is 4.79 Å². The van der Waals surface area contributed by atoms with E-state index in [0.717, 1.165) is 25.9 Å². The minimum atomic E-state index is -0.808. The summed E-state index contributed by atoms with van der Waals surface area (Å²) in [4.78, 5) is 24.7. The van der Waals surface area contributed by atoms with Gasteiger partial charge in [0.2, 0.25) is 0 Å². The molecule has 2 aliphatic rings. The fraction of sp³-hybridized carbons (Fsp3) is 0.857. The molecule has 2 fully saturated rings. The van der Waals surface area contributed by atoms with Crippen LogP contribution < -0.4 is 5.32 Å². The zero-order valence-corrected chi connectivity index (χ0v) is 12.0. The summed E-state index contributed by atoms with van der Waals surface area (Å²) < 4.78 is 5.60. The lowest BCUT2D eigenvalue weighted by atomic mass is 9.98. The zero-order chi connectivity index (χ0) is 14.5. The molecule has 0 radical (unpaired) electrons. The summed E-state index contributed by atoms with van der Waals surface area (Å²) in [5.41, 5.74) is 0. The number of amides is 2. The Bertz CT molecular complexity index is 361. The summed E-state index contributed by atoms with van der Waals surface area (Å²) in [6, 6.07) is -0.141. The van der Waals surface area contributed by atoms with Crippen molar-refractivity contribution >= 4 is 12.0 Å². The average molecular weight is 284 g/mol. The van der Waals surface area contributed by atoms with Gasteiger partial charge in [0.25, 0.3) is 0 Å². The van der Waals surface area contributed by atoms with Crippen LogP contribution in [-0.4, -0.2) is 54.4 Å². The summed E-state index contributed by atoms with van der Waals surface area (Å²) in [5, 5.41) is 12.0. The highest BCUT2D eigenvalue weighted by molar-refractivity contribution is 5.76. The monoisotopic (exact) mass is 284 g/mol. The first-order valence-electron chi connectivity index (χ1n) is 7.49. The normalized spacial score (nSPS) is 30.2. The second kappa shape index (κ2) is 6.92. The molecule has 6 nitrogen and oxygen atoms in total. The molecular formula is C14H24N2O4. The van der Waals surface area contributed by atoms with Crippen molar-refractivity contribution in [1.82, 2.24) is 10.2 Å². The lowest BCUT2D eigenvalue weighted by Crippen LogP contribution is -2.48. The number of rotatable bonds is 4. The van der Waals surface area contributed by atoms with Crippen LogP contribution in [0.2, 0.25) is 0 Å². The van der Waals surface area contributed by atoms with Gasteiger partial charge in [-0.2, -0.15) is 0 Å². The molecule has 0 bridgehead atoms. The Balaban J connectivity index is 1.78. The zero-order valence-electron chi connectivity index (χ0n) is 12.0. The third kappa shape index (κ3) is 3.62. The summed E-state index contributed by atoms with van der Waals surface area (Å²) >= 11 is 0.